The third-order valence-corrected chi connectivity index (χ3v) is 5.37. The highest BCUT2D eigenvalue weighted by Gasteiger charge is 2.21. The van der Waals surface area contributed by atoms with E-state index in [4.69, 9.17) is 4.74 Å². The van der Waals surface area contributed by atoms with Gasteiger partial charge < -0.3 is 14.4 Å². The lowest BCUT2D eigenvalue weighted by Crippen LogP contribution is -2.39. The standard InChI is InChI=1S/C24H25FN4O4/c1-16(25)33-19-11-9-18(10-12-19)21-26-22-20(29(21)15-17-7-4-3-5-8-17)23(31)28(13-6-14-30)24(32)27(22)2/h3-5,7-12,16,30H,6,13-15H2,1-2H3. The number of aliphatic hydroxyl groups excluding tert-OH is 1. The highest BCUT2D eigenvalue weighted by molar-refractivity contribution is 5.77. The monoisotopic (exact) mass is 452 g/mol. The number of halogens is 1. The average Bonchev–Trinajstić information content (AvgIpc) is 3.18. The molecule has 1 N–H and O–H groups in total. The molecule has 2 heterocycles. The quantitative estimate of drug-likeness (QED) is 0.444. The maximum Gasteiger partial charge on any atom is 0.332 e. The van der Waals surface area contributed by atoms with Crippen LogP contribution in [0.4, 0.5) is 4.39 Å². The summed E-state index contributed by atoms with van der Waals surface area (Å²) in [7, 11) is 1.57. The Hall–Kier alpha value is -3.72. The second-order valence-electron chi connectivity index (χ2n) is 7.74. The summed E-state index contributed by atoms with van der Waals surface area (Å²) in [5.74, 6) is 0.874. The van der Waals surface area contributed by atoms with E-state index in [1.807, 2.05) is 30.3 Å². The van der Waals surface area contributed by atoms with Gasteiger partial charge in [-0.3, -0.25) is 13.9 Å². The zero-order valence-corrected chi connectivity index (χ0v) is 18.4. The summed E-state index contributed by atoms with van der Waals surface area (Å²) < 4.78 is 22.5. The largest absolute Gasteiger partial charge is 0.461 e. The van der Waals surface area contributed by atoms with Gasteiger partial charge in [0.25, 0.3) is 5.56 Å². The van der Waals surface area contributed by atoms with E-state index in [0.29, 0.717) is 29.2 Å². The van der Waals surface area contributed by atoms with E-state index < -0.39 is 17.6 Å². The van der Waals surface area contributed by atoms with Crippen molar-refractivity contribution in [1.29, 1.82) is 0 Å². The predicted octanol–water partition coefficient (Wildman–Crippen LogP) is 2.69. The molecule has 0 saturated carbocycles. The van der Waals surface area contributed by atoms with Crippen LogP contribution >= 0.6 is 0 Å². The Morgan fingerprint density at radius 2 is 1.76 bits per heavy atom. The number of aliphatic hydroxyl groups is 1. The number of aryl methyl sites for hydroxylation is 1. The van der Waals surface area contributed by atoms with Crippen LogP contribution in [0.25, 0.3) is 22.6 Å². The van der Waals surface area contributed by atoms with Crippen LogP contribution in [0.15, 0.2) is 64.2 Å². The molecule has 1 atom stereocenters. The van der Waals surface area contributed by atoms with Crippen molar-refractivity contribution >= 4 is 11.2 Å². The Kier molecular flexibility index (Phi) is 6.41. The summed E-state index contributed by atoms with van der Waals surface area (Å²) in [6.07, 6.45) is -1.15. The molecule has 33 heavy (non-hydrogen) atoms. The molecule has 0 saturated heterocycles. The van der Waals surface area contributed by atoms with Gasteiger partial charge in [-0.1, -0.05) is 30.3 Å². The van der Waals surface area contributed by atoms with Gasteiger partial charge in [0.2, 0.25) is 6.36 Å². The third-order valence-electron chi connectivity index (χ3n) is 5.37. The molecular formula is C24H25FN4O4. The Bertz CT molecular complexity index is 1370. The number of ether oxygens (including phenoxy) is 1. The molecule has 0 amide bonds. The fourth-order valence-corrected chi connectivity index (χ4v) is 3.81. The first-order valence-electron chi connectivity index (χ1n) is 10.7. The first-order chi connectivity index (χ1) is 15.9. The smallest absolute Gasteiger partial charge is 0.332 e. The molecule has 4 aromatic rings. The van der Waals surface area contributed by atoms with Gasteiger partial charge in [-0.2, -0.15) is 0 Å². The van der Waals surface area contributed by atoms with Crippen LogP contribution in [0.5, 0.6) is 5.75 Å². The summed E-state index contributed by atoms with van der Waals surface area (Å²) in [6.45, 7) is 1.64. The van der Waals surface area contributed by atoms with Crippen LogP contribution in [-0.4, -0.2) is 36.8 Å². The lowest BCUT2D eigenvalue weighted by atomic mass is 10.2. The highest BCUT2D eigenvalue weighted by Crippen LogP contribution is 2.26. The fraction of sp³-hybridized carbons (Fsp3) is 0.292. The van der Waals surface area contributed by atoms with Crippen molar-refractivity contribution < 1.29 is 14.2 Å². The SMILES string of the molecule is CC(F)Oc1ccc(-c2nc3c(c(=O)n(CCCO)c(=O)n3C)n2Cc2ccccc2)cc1. The molecule has 0 aliphatic carbocycles. The molecule has 0 bridgehead atoms. The zero-order chi connectivity index (χ0) is 23.5. The number of fused-ring (bicyclic) bond motifs is 1. The van der Waals surface area contributed by atoms with Crippen LogP contribution in [0.3, 0.4) is 0 Å². The van der Waals surface area contributed by atoms with Crippen molar-refractivity contribution in [3.8, 4) is 17.1 Å². The second kappa shape index (κ2) is 9.41. The first-order valence-corrected chi connectivity index (χ1v) is 10.7. The molecule has 9 heteroatoms. The summed E-state index contributed by atoms with van der Waals surface area (Å²) >= 11 is 0. The van der Waals surface area contributed by atoms with Crippen molar-refractivity contribution in [2.75, 3.05) is 6.61 Å². The van der Waals surface area contributed by atoms with E-state index in [0.717, 1.165) is 10.1 Å². The topological polar surface area (TPSA) is 91.3 Å². The molecule has 2 aromatic heterocycles. The highest BCUT2D eigenvalue weighted by atomic mass is 19.1. The fourth-order valence-electron chi connectivity index (χ4n) is 3.81. The van der Waals surface area contributed by atoms with Gasteiger partial charge >= 0.3 is 5.69 Å². The summed E-state index contributed by atoms with van der Waals surface area (Å²) in [5, 5.41) is 9.20. The summed E-state index contributed by atoms with van der Waals surface area (Å²) in [5.41, 5.74) is 1.27. The van der Waals surface area contributed by atoms with Crippen molar-refractivity contribution in [2.24, 2.45) is 7.05 Å². The molecular weight excluding hydrogens is 427 g/mol. The molecule has 1 unspecified atom stereocenters. The maximum absolute atomic E-state index is 13.4. The van der Waals surface area contributed by atoms with Gasteiger partial charge in [-0.05, 0) is 36.2 Å². The molecule has 172 valence electrons. The Morgan fingerprint density at radius 1 is 1.06 bits per heavy atom. The predicted molar refractivity (Wildman–Crippen MR) is 123 cm³/mol. The molecule has 8 nitrogen and oxygen atoms in total. The second-order valence-corrected chi connectivity index (χ2v) is 7.74. The molecule has 4 rings (SSSR count). The van der Waals surface area contributed by atoms with Gasteiger partial charge in [0.1, 0.15) is 11.6 Å². The summed E-state index contributed by atoms with van der Waals surface area (Å²) in [6, 6.07) is 16.4. The number of hydrogen-bond donors (Lipinski definition) is 1. The number of rotatable bonds is 8. The van der Waals surface area contributed by atoms with Crippen LogP contribution in [0.2, 0.25) is 0 Å². The van der Waals surface area contributed by atoms with E-state index in [9.17, 15) is 19.1 Å². The Balaban J connectivity index is 1.94. The number of benzene rings is 2. The van der Waals surface area contributed by atoms with E-state index in [1.165, 1.54) is 11.5 Å². The normalized spacial score (nSPS) is 12.2. The van der Waals surface area contributed by atoms with Crippen molar-refractivity contribution in [2.45, 2.75) is 32.8 Å². The number of aromatic nitrogens is 4. The zero-order valence-electron chi connectivity index (χ0n) is 18.4. The van der Waals surface area contributed by atoms with Crippen LogP contribution in [-0.2, 0) is 20.1 Å². The van der Waals surface area contributed by atoms with Gasteiger partial charge in [0.05, 0.1) is 0 Å². The van der Waals surface area contributed by atoms with E-state index in [-0.39, 0.29) is 25.2 Å². The number of hydrogen-bond acceptors (Lipinski definition) is 5. The Morgan fingerprint density at radius 3 is 2.39 bits per heavy atom. The maximum atomic E-state index is 13.4. The van der Waals surface area contributed by atoms with E-state index in [1.54, 1.807) is 35.9 Å². The van der Waals surface area contributed by atoms with Gasteiger partial charge in [0.15, 0.2) is 11.2 Å². The van der Waals surface area contributed by atoms with Crippen LogP contribution in [0.1, 0.15) is 18.9 Å². The molecule has 0 aliphatic heterocycles. The van der Waals surface area contributed by atoms with Crippen LogP contribution < -0.4 is 16.0 Å². The molecule has 0 radical (unpaired) electrons. The minimum Gasteiger partial charge on any atom is -0.461 e. The molecule has 0 aliphatic rings. The Labute approximate surface area is 189 Å². The number of imidazole rings is 1. The lowest BCUT2D eigenvalue weighted by Gasteiger charge is -2.12. The van der Waals surface area contributed by atoms with E-state index in [2.05, 4.69) is 4.98 Å². The van der Waals surface area contributed by atoms with E-state index >= 15 is 0 Å². The molecule has 0 spiro atoms. The van der Waals surface area contributed by atoms with Crippen molar-refractivity contribution in [1.82, 2.24) is 18.7 Å². The van der Waals surface area contributed by atoms with Gasteiger partial charge in [-0.25, -0.2) is 14.2 Å². The molecule has 2 aromatic carbocycles. The van der Waals surface area contributed by atoms with Crippen molar-refractivity contribution in [3.63, 3.8) is 0 Å². The minimum absolute atomic E-state index is 0.108. The third kappa shape index (κ3) is 4.45. The van der Waals surface area contributed by atoms with Crippen LogP contribution in [0, 0.1) is 0 Å². The average molecular weight is 452 g/mol. The number of nitrogens with zero attached hydrogens (tertiary/aromatic N) is 4. The van der Waals surface area contributed by atoms with Gasteiger partial charge in [-0.15, -0.1) is 0 Å². The van der Waals surface area contributed by atoms with Crippen molar-refractivity contribution in [3.05, 3.63) is 81.0 Å². The minimum atomic E-state index is -1.44. The lowest BCUT2D eigenvalue weighted by molar-refractivity contribution is 0.0861. The molecule has 0 fully saturated rings. The summed E-state index contributed by atoms with van der Waals surface area (Å²) in [4.78, 5) is 30.9. The number of alkyl halides is 1. The van der Waals surface area contributed by atoms with Gasteiger partial charge in [0, 0.05) is 39.2 Å². The first kappa shape index (κ1) is 22.5.